The summed E-state index contributed by atoms with van der Waals surface area (Å²) in [5, 5.41) is 3.08. The Morgan fingerprint density at radius 1 is 1.15 bits per heavy atom. The second-order valence-corrected chi connectivity index (χ2v) is 5.26. The number of fused-ring (bicyclic) bond motifs is 1. The van der Waals surface area contributed by atoms with E-state index >= 15 is 0 Å². The SMILES string of the molecule is CNCc1ccc(OCc2ccc3c(c2)CCC3)cn1. The van der Waals surface area contributed by atoms with E-state index in [0.29, 0.717) is 6.61 Å². The van der Waals surface area contributed by atoms with Crippen LogP contribution < -0.4 is 10.1 Å². The van der Waals surface area contributed by atoms with Crippen LogP contribution in [-0.4, -0.2) is 12.0 Å². The Hall–Kier alpha value is -1.87. The van der Waals surface area contributed by atoms with Crippen LogP contribution in [0.15, 0.2) is 36.5 Å². The van der Waals surface area contributed by atoms with Gasteiger partial charge in [-0.05, 0) is 55.1 Å². The van der Waals surface area contributed by atoms with Crippen LogP contribution in [0.3, 0.4) is 0 Å². The fourth-order valence-corrected chi connectivity index (χ4v) is 2.66. The molecule has 0 atom stereocenters. The molecule has 3 rings (SSSR count). The van der Waals surface area contributed by atoms with E-state index in [9.17, 15) is 0 Å². The van der Waals surface area contributed by atoms with Crippen molar-refractivity contribution >= 4 is 0 Å². The van der Waals surface area contributed by atoms with Gasteiger partial charge in [-0.3, -0.25) is 4.98 Å². The number of pyridine rings is 1. The third kappa shape index (κ3) is 2.99. The zero-order chi connectivity index (χ0) is 13.8. The van der Waals surface area contributed by atoms with Gasteiger partial charge in [-0.2, -0.15) is 0 Å². The smallest absolute Gasteiger partial charge is 0.138 e. The molecule has 0 spiro atoms. The van der Waals surface area contributed by atoms with Crippen LogP contribution in [0.1, 0.15) is 28.8 Å². The van der Waals surface area contributed by atoms with Crippen LogP contribution in [0, 0.1) is 0 Å². The number of aromatic nitrogens is 1. The van der Waals surface area contributed by atoms with Crippen molar-refractivity contribution in [2.24, 2.45) is 0 Å². The molecule has 0 aliphatic heterocycles. The van der Waals surface area contributed by atoms with Crippen molar-refractivity contribution in [3.8, 4) is 5.75 Å². The molecule has 0 radical (unpaired) electrons. The molecule has 1 aromatic carbocycles. The van der Waals surface area contributed by atoms with Crippen LogP contribution in [0.25, 0.3) is 0 Å². The zero-order valence-corrected chi connectivity index (χ0v) is 11.9. The number of rotatable bonds is 5. The molecule has 20 heavy (non-hydrogen) atoms. The van der Waals surface area contributed by atoms with E-state index in [2.05, 4.69) is 28.5 Å². The van der Waals surface area contributed by atoms with Crippen LogP contribution >= 0.6 is 0 Å². The second-order valence-electron chi connectivity index (χ2n) is 5.26. The highest BCUT2D eigenvalue weighted by atomic mass is 16.5. The van der Waals surface area contributed by atoms with Crippen molar-refractivity contribution in [2.75, 3.05) is 7.05 Å². The summed E-state index contributed by atoms with van der Waals surface area (Å²) in [4.78, 5) is 4.35. The summed E-state index contributed by atoms with van der Waals surface area (Å²) in [5.41, 5.74) is 5.27. The summed E-state index contributed by atoms with van der Waals surface area (Å²) in [5.74, 6) is 0.824. The van der Waals surface area contributed by atoms with Crippen molar-refractivity contribution in [1.29, 1.82) is 0 Å². The molecule has 0 saturated heterocycles. The van der Waals surface area contributed by atoms with Gasteiger partial charge in [-0.15, -0.1) is 0 Å². The lowest BCUT2D eigenvalue weighted by atomic mass is 10.1. The van der Waals surface area contributed by atoms with Crippen molar-refractivity contribution < 1.29 is 4.74 Å². The number of hydrogen-bond acceptors (Lipinski definition) is 3. The normalized spacial score (nSPS) is 13.2. The number of aryl methyl sites for hydroxylation is 2. The monoisotopic (exact) mass is 268 g/mol. The molecule has 1 aliphatic carbocycles. The first kappa shape index (κ1) is 13.1. The number of benzene rings is 1. The minimum atomic E-state index is 0.611. The summed E-state index contributed by atoms with van der Waals surface area (Å²) in [7, 11) is 1.92. The molecule has 3 nitrogen and oxygen atoms in total. The fraction of sp³-hybridized carbons (Fsp3) is 0.353. The number of hydrogen-bond donors (Lipinski definition) is 1. The molecular weight excluding hydrogens is 248 g/mol. The Kier molecular flexibility index (Phi) is 3.97. The van der Waals surface area contributed by atoms with E-state index in [1.54, 1.807) is 6.20 Å². The predicted octanol–water partition coefficient (Wildman–Crippen LogP) is 2.87. The Labute approximate surface area is 120 Å². The van der Waals surface area contributed by atoms with Gasteiger partial charge < -0.3 is 10.1 Å². The maximum absolute atomic E-state index is 5.80. The molecule has 0 amide bonds. The minimum absolute atomic E-state index is 0.611. The lowest BCUT2D eigenvalue weighted by Gasteiger charge is -2.08. The van der Waals surface area contributed by atoms with Crippen molar-refractivity contribution in [1.82, 2.24) is 10.3 Å². The average molecular weight is 268 g/mol. The van der Waals surface area contributed by atoms with Crippen molar-refractivity contribution in [2.45, 2.75) is 32.4 Å². The number of nitrogens with one attached hydrogen (secondary N) is 1. The second kappa shape index (κ2) is 6.06. The molecule has 1 heterocycles. The Morgan fingerprint density at radius 2 is 2.05 bits per heavy atom. The van der Waals surface area contributed by atoms with E-state index in [1.165, 1.54) is 36.0 Å². The quantitative estimate of drug-likeness (QED) is 0.905. The molecule has 3 heteroatoms. The van der Waals surface area contributed by atoms with Gasteiger partial charge in [0, 0.05) is 6.54 Å². The van der Waals surface area contributed by atoms with E-state index < -0.39 is 0 Å². The van der Waals surface area contributed by atoms with Gasteiger partial charge in [-0.25, -0.2) is 0 Å². The van der Waals surface area contributed by atoms with Gasteiger partial charge >= 0.3 is 0 Å². The summed E-state index contributed by atoms with van der Waals surface area (Å²) < 4.78 is 5.80. The maximum atomic E-state index is 5.80. The molecule has 104 valence electrons. The fourth-order valence-electron chi connectivity index (χ4n) is 2.66. The van der Waals surface area contributed by atoms with Gasteiger partial charge in [0.05, 0.1) is 11.9 Å². The number of ether oxygens (including phenoxy) is 1. The molecule has 0 bridgehead atoms. The first-order valence-corrected chi connectivity index (χ1v) is 7.18. The van der Waals surface area contributed by atoms with Crippen LogP contribution in [0.2, 0.25) is 0 Å². The van der Waals surface area contributed by atoms with Crippen LogP contribution in [0.5, 0.6) is 5.75 Å². The first-order valence-electron chi connectivity index (χ1n) is 7.18. The lowest BCUT2D eigenvalue weighted by molar-refractivity contribution is 0.304. The molecule has 2 aromatic rings. The molecular formula is C17H20N2O. The van der Waals surface area contributed by atoms with E-state index in [-0.39, 0.29) is 0 Å². The third-order valence-electron chi connectivity index (χ3n) is 3.72. The highest BCUT2D eigenvalue weighted by Crippen LogP contribution is 2.23. The van der Waals surface area contributed by atoms with E-state index in [1.807, 2.05) is 19.2 Å². The Bertz CT molecular complexity index is 578. The van der Waals surface area contributed by atoms with Gasteiger partial charge in [0.2, 0.25) is 0 Å². The molecule has 0 unspecified atom stereocenters. The predicted molar refractivity (Wildman–Crippen MR) is 79.8 cm³/mol. The third-order valence-corrected chi connectivity index (χ3v) is 3.72. The van der Waals surface area contributed by atoms with Crippen molar-refractivity contribution in [3.05, 3.63) is 58.9 Å². The lowest BCUT2D eigenvalue weighted by Crippen LogP contribution is -2.06. The summed E-state index contributed by atoms with van der Waals surface area (Å²) in [6.45, 7) is 1.39. The summed E-state index contributed by atoms with van der Waals surface area (Å²) >= 11 is 0. The molecule has 1 aromatic heterocycles. The molecule has 0 saturated carbocycles. The Balaban J connectivity index is 1.61. The zero-order valence-electron chi connectivity index (χ0n) is 11.9. The standard InChI is InChI=1S/C17H20N2O/c1-18-10-16-7-8-17(11-19-16)20-12-13-5-6-14-3-2-4-15(14)9-13/h5-9,11,18H,2-4,10,12H2,1H3. The van der Waals surface area contributed by atoms with E-state index in [4.69, 9.17) is 4.74 Å². The molecule has 1 aliphatic rings. The van der Waals surface area contributed by atoms with Crippen LogP contribution in [-0.2, 0) is 26.0 Å². The van der Waals surface area contributed by atoms with Gasteiger partial charge in [-0.1, -0.05) is 18.2 Å². The van der Waals surface area contributed by atoms with Crippen molar-refractivity contribution in [3.63, 3.8) is 0 Å². The highest BCUT2D eigenvalue weighted by Gasteiger charge is 2.10. The number of nitrogens with zero attached hydrogens (tertiary/aromatic N) is 1. The van der Waals surface area contributed by atoms with Gasteiger partial charge in [0.15, 0.2) is 0 Å². The molecule has 1 N–H and O–H groups in total. The summed E-state index contributed by atoms with van der Waals surface area (Å²) in [6, 6.07) is 10.7. The van der Waals surface area contributed by atoms with Gasteiger partial charge in [0.1, 0.15) is 12.4 Å². The minimum Gasteiger partial charge on any atom is -0.487 e. The largest absolute Gasteiger partial charge is 0.487 e. The average Bonchev–Trinajstić information content (AvgIpc) is 2.94. The molecule has 0 fully saturated rings. The highest BCUT2D eigenvalue weighted by molar-refractivity contribution is 5.35. The topological polar surface area (TPSA) is 34.1 Å². The first-order chi connectivity index (χ1) is 9.85. The summed E-state index contributed by atoms with van der Waals surface area (Å²) in [6.07, 6.45) is 5.52. The van der Waals surface area contributed by atoms with Crippen LogP contribution in [0.4, 0.5) is 0 Å². The van der Waals surface area contributed by atoms with Gasteiger partial charge in [0.25, 0.3) is 0 Å². The van der Waals surface area contributed by atoms with E-state index in [0.717, 1.165) is 18.0 Å². The Morgan fingerprint density at radius 3 is 2.85 bits per heavy atom. The maximum Gasteiger partial charge on any atom is 0.138 e.